The third-order valence-corrected chi connectivity index (χ3v) is 3.57. The lowest BCUT2D eigenvalue weighted by molar-refractivity contribution is 0.614. The number of guanidine groups is 1. The summed E-state index contributed by atoms with van der Waals surface area (Å²) in [5, 5.41) is 6.53. The summed E-state index contributed by atoms with van der Waals surface area (Å²) in [5.74, 6) is 0.511. The summed E-state index contributed by atoms with van der Waals surface area (Å²) in [6.07, 6.45) is 0. The number of rotatable bonds is 4. The molecule has 0 aliphatic rings. The van der Waals surface area contributed by atoms with Gasteiger partial charge in [0.2, 0.25) is 0 Å². The molecule has 0 radical (unpaired) electrons. The zero-order valence-corrected chi connectivity index (χ0v) is 13.2. The number of nitrogens with zero attached hydrogens (tertiary/aromatic N) is 1. The summed E-state index contributed by atoms with van der Waals surface area (Å²) in [5.41, 5.74) is 2.73. The molecule has 1 atom stereocenters. The maximum atomic E-state index is 13.5. The molecule has 0 heterocycles. The van der Waals surface area contributed by atoms with E-state index in [0.717, 1.165) is 5.56 Å². The van der Waals surface area contributed by atoms with Crippen molar-refractivity contribution >= 4 is 5.96 Å². The predicted molar refractivity (Wildman–Crippen MR) is 89.3 cm³/mol. The molecule has 0 amide bonds. The van der Waals surface area contributed by atoms with Gasteiger partial charge in [0.25, 0.3) is 0 Å². The van der Waals surface area contributed by atoms with Crippen molar-refractivity contribution in [2.24, 2.45) is 4.99 Å². The van der Waals surface area contributed by atoms with Crippen LogP contribution in [0.4, 0.5) is 4.39 Å². The van der Waals surface area contributed by atoms with Crippen LogP contribution in [0, 0.1) is 12.7 Å². The molecular formula is C18H22FN3. The topological polar surface area (TPSA) is 36.4 Å². The summed E-state index contributed by atoms with van der Waals surface area (Å²) >= 11 is 0. The third-order valence-electron chi connectivity index (χ3n) is 3.57. The minimum Gasteiger partial charge on any atom is -0.352 e. The van der Waals surface area contributed by atoms with Crippen LogP contribution in [0.1, 0.15) is 29.7 Å². The molecule has 4 heteroatoms. The molecule has 0 aliphatic heterocycles. The number of hydrogen-bond acceptors (Lipinski definition) is 1. The van der Waals surface area contributed by atoms with Gasteiger partial charge in [-0.15, -0.1) is 0 Å². The molecular weight excluding hydrogens is 277 g/mol. The highest BCUT2D eigenvalue weighted by molar-refractivity contribution is 5.80. The van der Waals surface area contributed by atoms with Crippen molar-refractivity contribution in [1.29, 1.82) is 0 Å². The molecule has 2 N–H and O–H groups in total. The molecule has 0 saturated heterocycles. The second-order valence-electron chi connectivity index (χ2n) is 5.29. The SMILES string of the molecule is CN=C(NCc1ccc(C)c(F)c1)NC(C)c1ccccc1. The molecule has 3 nitrogen and oxygen atoms in total. The number of aryl methyl sites for hydroxylation is 1. The Balaban J connectivity index is 1.94. The molecule has 1 unspecified atom stereocenters. The number of hydrogen-bond donors (Lipinski definition) is 2. The summed E-state index contributed by atoms with van der Waals surface area (Å²) in [4.78, 5) is 4.21. The average Bonchev–Trinajstić information content (AvgIpc) is 2.55. The molecule has 22 heavy (non-hydrogen) atoms. The van der Waals surface area contributed by atoms with Crippen LogP contribution in [-0.4, -0.2) is 13.0 Å². The predicted octanol–water partition coefficient (Wildman–Crippen LogP) is 3.56. The van der Waals surface area contributed by atoms with Gasteiger partial charge in [-0.05, 0) is 36.6 Å². The van der Waals surface area contributed by atoms with Gasteiger partial charge in [-0.25, -0.2) is 4.39 Å². The van der Waals surface area contributed by atoms with Gasteiger partial charge in [0.05, 0.1) is 6.04 Å². The molecule has 0 fully saturated rings. The maximum absolute atomic E-state index is 13.5. The zero-order valence-electron chi connectivity index (χ0n) is 13.2. The fourth-order valence-corrected chi connectivity index (χ4v) is 2.16. The van der Waals surface area contributed by atoms with Crippen LogP contribution < -0.4 is 10.6 Å². The molecule has 0 saturated carbocycles. The van der Waals surface area contributed by atoms with Crippen molar-refractivity contribution in [3.8, 4) is 0 Å². The molecule has 0 bridgehead atoms. The lowest BCUT2D eigenvalue weighted by atomic mass is 10.1. The van der Waals surface area contributed by atoms with Crippen LogP contribution in [0.5, 0.6) is 0 Å². The summed E-state index contributed by atoms with van der Waals surface area (Å²) < 4.78 is 13.5. The molecule has 2 aromatic rings. The average molecular weight is 299 g/mol. The fraction of sp³-hybridized carbons (Fsp3) is 0.278. The van der Waals surface area contributed by atoms with Crippen LogP contribution in [0.25, 0.3) is 0 Å². The van der Waals surface area contributed by atoms with E-state index in [4.69, 9.17) is 0 Å². The van der Waals surface area contributed by atoms with Crippen molar-refractivity contribution in [1.82, 2.24) is 10.6 Å². The van der Waals surface area contributed by atoms with Crippen LogP contribution in [0.15, 0.2) is 53.5 Å². The van der Waals surface area contributed by atoms with Crippen molar-refractivity contribution in [2.75, 3.05) is 7.05 Å². The molecule has 0 aliphatic carbocycles. The van der Waals surface area contributed by atoms with Gasteiger partial charge in [0.1, 0.15) is 5.82 Å². The normalized spacial score (nSPS) is 12.8. The van der Waals surface area contributed by atoms with E-state index in [9.17, 15) is 4.39 Å². The highest BCUT2D eigenvalue weighted by atomic mass is 19.1. The minimum atomic E-state index is -0.181. The Hall–Kier alpha value is -2.36. The fourth-order valence-electron chi connectivity index (χ4n) is 2.16. The Kier molecular flexibility index (Phi) is 5.53. The number of nitrogens with one attached hydrogen (secondary N) is 2. The summed E-state index contributed by atoms with van der Waals surface area (Å²) in [6.45, 7) is 4.36. The highest BCUT2D eigenvalue weighted by Crippen LogP contribution is 2.11. The molecule has 2 rings (SSSR count). The van der Waals surface area contributed by atoms with Crippen molar-refractivity contribution in [2.45, 2.75) is 26.4 Å². The van der Waals surface area contributed by atoms with E-state index in [0.29, 0.717) is 18.1 Å². The van der Waals surface area contributed by atoms with Gasteiger partial charge < -0.3 is 10.6 Å². The zero-order chi connectivity index (χ0) is 15.9. The van der Waals surface area contributed by atoms with Gasteiger partial charge in [-0.2, -0.15) is 0 Å². The standard InChI is InChI=1S/C18H22FN3/c1-13-9-10-15(11-17(13)19)12-21-18(20-3)22-14(2)16-7-5-4-6-8-16/h4-11,14H,12H2,1-3H3,(H2,20,21,22). The number of halogens is 1. The van der Waals surface area contributed by atoms with Gasteiger partial charge >= 0.3 is 0 Å². The van der Waals surface area contributed by atoms with Crippen LogP contribution in [0.3, 0.4) is 0 Å². The van der Waals surface area contributed by atoms with E-state index in [-0.39, 0.29) is 11.9 Å². The van der Waals surface area contributed by atoms with Crippen molar-refractivity contribution in [3.63, 3.8) is 0 Å². The van der Waals surface area contributed by atoms with E-state index >= 15 is 0 Å². The van der Waals surface area contributed by atoms with Gasteiger partial charge in [0, 0.05) is 13.6 Å². The maximum Gasteiger partial charge on any atom is 0.191 e. The second-order valence-corrected chi connectivity index (χ2v) is 5.29. The first-order valence-corrected chi connectivity index (χ1v) is 7.37. The Morgan fingerprint density at radius 2 is 1.91 bits per heavy atom. The first-order valence-electron chi connectivity index (χ1n) is 7.37. The van der Waals surface area contributed by atoms with E-state index in [1.807, 2.05) is 24.3 Å². The largest absolute Gasteiger partial charge is 0.352 e. The first-order chi connectivity index (χ1) is 10.6. The summed E-state index contributed by atoms with van der Waals surface area (Å²) in [6, 6.07) is 15.6. The first kappa shape index (κ1) is 16.0. The van der Waals surface area contributed by atoms with E-state index < -0.39 is 0 Å². The van der Waals surface area contributed by atoms with E-state index in [2.05, 4.69) is 34.7 Å². The molecule has 116 valence electrons. The van der Waals surface area contributed by atoms with Crippen LogP contribution >= 0.6 is 0 Å². The lowest BCUT2D eigenvalue weighted by Gasteiger charge is -2.18. The minimum absolute atomic E-state index is 0.141. The molecule has 0 spiro atoms. The smallest absolute Gasteiger partial charge is 0.191 e. The molecule has 2 aromatic carbocycles. The monoisotopic (exact) mass is 299 g/mol. The Morgan fingerprint density at radius 1 is 1.18 bits per heavy atom. The number of aliphatic imine (C=N–C) groups is 1. The Labute approximate surface area is 131 Å². The van der Waals surface area contributed by atoms with Crippen LogP contribution in [-0.2, 0) is 6.54 Å². The lowest BCUT2D eigenvalue weighted by Crippen LogP contribution is -2.38. The van der Waals surface area contributed by atoms with Crippen molar-refractivity contribution in [3.05, 3.63) is 71.0 Å². The Morgan fingerprint density at radius 3 is 2.55 bits per heavy atom. The summed E-state index contributed by atoms with van der Waals surface area (Å²) in [7, 11) is 1.72. The van der Waals surface area contributed by atoms with Crippen molar-refractivity contribution < 1.29 is 4.39 Å². The third kappa shape index (κ3) is 4.32. The quantitative estimate of drug-likeness (QED) is 0.669. The highest BCUT2D eigenvalue weighted by Gasteiger charge is 2.07. The van der Waals surface area contributed by atoms with Gasteiger partial charge in [0.15, 0.2) is 5.96 Å². The van der Waals surface area contributed by atoms with E-state index in [1.165, 1.54) is 5.56 Å². The number of benzene rings is 2. The van der Waals surface area contributed by atoms with E-state index in [1.54, 1.807) is 26.1 Å². The second kappa shape index (κ2) is 7.59. The van der Waals surface area contributed by atoms with Gasteiger partial charge in [-0.1, -0.05) is 42.5 Å². The van der Waals surface area contributed by atoms with Crippen LogP contribution in [0.2, 0.25) is 0 Å². The molecule has 0 aromatic heterocycles. The van der Waals surface area contributed by atoms with Gasteiger partial charge in [-0.3, -0.25) is 4.99 Å². The Bertz CT molecular complexity index is 638.